The van der Waals surface area contributed by atoms with Crippen LogP contribution in [-0.4, -0.2) is 159 Å². The minimum Gasteiger partial charge on any atom is -0.456 e. The molecule has 0 spiro atoms. The van der Waals surface area contributed by atoms with Gasteiger partial charge in [-0.1, -0.05) is 214 Å². The van der Waals surface area contributed by atoms with Crippen molar-refractivity contribution in [3.63, 3.8) is 0 Å². The second-order valence-corrected chi connectivity index (χ2v) is 29.1. The zero-order valence-corrected chi connectivity index (χ0v) is 61.4. The van der Waals surface area contributed by atoms with E-state index in [1.54, 1.807) is 20.8 Å². The highest BCUT2D eigenvalue weighted by molar-refractivity contribution is 5.73. The fourth-order valence-corrected chi connectivity index (χ4v) is 14.6. The summed E-state index contributed by atoms with van der Waals surface area (Å²) in [5.41, 5.74) is 3.41. The highest BCUT2D eigenvalue weighted by atomic mass is 16.8. The summed E-state index contributed by atoms with van der Waals surface area (Å²) in [6.45, 7) is 19.3. The molecule has 7 saturated heterocycles. The van der Waals surface area contributed by atoms with E-state index >= 15 is 4.79 Å². The van der Waals surface area contributed by atoms with Crippen LogP contribution in [0, 0.1) is 11.8 Å². The Balaban J connectivity index is 1.03. The molecule has 4 aromatic carbocycles. The van der Waals surface area contributed by atoms with E-state index < -0.39 is 165 Å². The Morgan fingerprint density at radius 3 is 1.63 bits per heavy atom. The second-order valence-electron chi connectivity index (χ2n) is 29.1. The van der Waals surface area contributed by atoms with Crippen LogP contribution >= 0.6 is 0 Å². The lowest BCUT2D eigenvalue weighted by molar-refractivity contribution is -0.414. The normalized spacial score (nSPS) is 35.3. The molecule has 0 amide bonds. The third-order valence-corrected chi connectivity index (χ3v) is 20.8. The first-order chi connectivity index (χ1) is 49.5. The van der Waals surface area contributed by atoms with Gasteiger partial charge >= 0.3 is 17.9 Å². The summed E-state index contributed by atoms with van der Waals surface area (Å²) in [5.74, 6) is -3.99. The zero-order valence-electron chi connectivity index (χ0n) is 61.4. The van der Waals surface area contributed by atoms with Gasteiger partial charge in [0.15, 0.2) is 61.7 Å². The van der Waals surface area contributed by atoms with Crippen molar-refractivity contribution in [2.75, 3.05) is 6.61 Å². The SMILES string of the molecule is CCCCC[C@H]1CCCCCCCCCC(=O)O[C@@H]2[C@@H](O[C@@H]3O[C@@H](C)[C@H](OC(=O)[C@@H](C)CC)[C@@H](O[C@@H]4O[C@@H](C)[C@H](OCc5ccccc5)[C@@H](OCc5ccccc5)[C@H]4OCc4ccccc4)[C@H]3OC(=O)[C@@H](C)CC)[C@H](O[C@H]3[C@H](O1)O[C@H](C)[C@@H]1OC(C)(C)O[C@@H]13)O[C@@H]1CO[C@@H](c3ccccc3)O[C@@H]21. The number of hydrogen-bond donors (Lipinski definition) is 0. The molecule has 21 nitrogen and oxygen atoms in total. The van der Waals surface area contributed by atoms with Crippen molar-refractivity contribution in [1.82, 2.24) is 0 Å². The molecule has 7 heterocycles. The molecule has 0 radical (unpaired) electrons. The van der Waals surface area contributed by atoms with Gasteiger partial charge in [-0.3, -0.25) is 14.4 Å². The van der Waals surface area contributed by atoms with Crippen LogP contribution in [0.2, 0.25) is 0 Å². The lowest BCUT2D eigenvalue weighted by Crippen LogP contribution is -2.69. The minimum absolute atomic E-state index is 0.0199. The van der Waals surface area contributed by atoms with Crippen molar-refractivity contribution in [3.05, 3.63) is 144 Å². The van der Waals surface area contributed by atoms with Crippen LogP contribution in [-0.2, 0) is 119 Å². The number of rotatable bonds is 24. The Labute approximate surface area is 603 Å². The molecule has 0 unspecified atom stereocenters. The van der Waals surface area contributed by atoms with Crippen molar-refractivity contribution in [2.45, 2.75) is 326 Å². The maximum atomic E-state index is 15.1. The average molecular weight is 1420 g/mol. The van der Waals surface area contributed by atoms with Gasteiger partial charge in [-0.05, 0) is 83.4 Å². The Kier molecular flexibility index (Phi) is 28.8. The topological polar surface area (TPSA) is 217 Å². The van der Waals surface area contributed by atoms with Crippen LogP contribution in [0.4, 0.5) is 0 Å². The third-order valence-electron chi connectivity index (χ3n) is 20.8. The van der Waals surface area contributed by atoms with Crippen molar-refractivity contribution in [1.29, 1.82) is 0 Å². The fourth-order valence-electron chi connectivity index (χ4n) is 14.6. The Hall–Kier alpha value is -5.31. The molecule has 102 heavy (non-hydrogen) atoms. The third kappa shape index (κ3) is 20.4. The molecule has 7 aliphatic heterocycles. The maximum absolute atomic E-state index is 15.1. The predicted octanol–water partition coefficient (Wildman–Crippen LogP) is 13.8. The average Bonchev–Trinajstić information content (AvgIpc) is 1.34. The van der Waals surface area contributed by atoms with Crippen molar-refractivity contribution < 1.29 is 99.6 Å². The summed E-state index contributed by atoms with van der Waals surface area (Å²) in [7, 11) is 0. The first-order valence-corrected chi connectivity index (χ1v) is 38.0. The summed E-state index contributed by atoms with van der Waals surface area (Å²) in [4.78, 5) is 44.6. The van der Waals surface area contributed by atoms with Gasteiger partial charge in [0.05, 0.1) is 62.7 Å². The minimum atomic E-state index is -1.65. The van der Waals surface area contributed by atoms with Gasteiger partial charge in [-0.2, -0.15) is 0 Å². The number of carbonyl (C=O) groups excluding carboxylic acids is 3. The number of benzene rings is 4. The predicted molar refractivity (Wildman–Crippen MR) is 374 cm³/mol. The number of esters is 3. The molecule has 0 saturated carbocycles. The largest absolute Gasteiger partial charge is 0.456 e. The fraction of sp³-hybridized carbons (Fsp3) is 0.667. The molecule has 7 fully saturated rings. The number of hydrogen-bond acceptors (Lipinski definition) is 21. The summed E-state index contributed by atoms with van der Waals surface area (Å²) in [6.07, 6.45) is -11.3. The van der Waals surface area contributed by atoms with Gasteiger partial charge in [0, 0.05) is 12.0 Å². The highest BCUT2D eigenvalue weighted by Gasteiger charge is 2.62. The number of carbonyl (C=O) groups is 3. The molecule has 11 rings (SSSR count). The summed E-state index contributed by atoms with van der Waals surface area (Å²) in [5, 5.41) is 0. The molecular weight excluding hydrogens is 1310 g/mol. The number of ether oxygens (including phenoxy) is 18. The van der Waals surface area contributed by atoms with Gasteiger partial charge < -0.3 is 85.3 Å². The van der Waals surface area contributed by atoms with Gasteiger partial charge in [-0.15, -0.1) is 0 Å². The van der Waals surface area contributed by atoms with E-state index in [4.69, 9.17) is 85.3 Å². The zero-order chi connectivity index (χ0) is 71.7. The summed E-state index contributed by atoms with van der Waals surface area (Å²) in [6, 6.07) is 38.9. The molecule has 0 N–H and O–H groups in total. The van der Waals surface area contributed by atoms with E-state index in [1.807, 2.05) is 163 Å². The highest BCUT2D eigenvalue weighted by Crippen LogP contribution is 2.45. The van der Waals surface area contributed by atoms with E-state index in [2.05, 4.69) is 6.92 Å². The van der Waals surface area contributed by atoms with E-state index in [-0.39, 0.29) is 39.0 Å². The van der Waals surface area contributed by atoms with Gasteiger partial charge in [-0.25, -0.2) is 0 Å². The van der Waals surface area contributed by atoms with E-state index in [9.17, 15) is 9.59 Å². The van der Waals surface area contributed by atoms with Crippen LogP contribution in [0.25, 0.3) is 0 Å². The van der Waals surface area contributed by atoms with E-state index in [0.29, 0.717) is 19.3 Å². The lowest BCUT2D eigenvalue weighted by atomic mass is 9.94. The Morgan fingerprint density at radius 1 is 0.490 bits per heavy atom. The smallest absolute Gasteiger partial charge is 0.309 e. The van der Waals surface area contributed by atoms with Gasteiger partial charge in [0.25, 0.3) is 0 Å². The molecule has 21 heteroatoms. The van der Waals surface area contributed by atoms with Crippen LogP contribution in [0.15, 0.2) is 121 Å². The van der Waals surface area contributed by atoms with Crippen molar-refractivity contribution in [3.8, 4) is 0 Å². The molecule has 4 aromatic rings. The molecule has 24 atom stereocenters. The van der Waals surface area contributed by atoms with Crippen LogP contribution in [0.1, 0.15) is 194 Å². The summed E-state index contributed by atoms with van der Waals surface area (Å²) >= 11 is 0. The van der Waals surface area contributed by atoms with Gasteiger partial charge in [0.1, 0.15) is 54.9 Å². The summed E-state index contributed by atoms with van der Waals surface area (Å²) < 4.78 is 127. The van der Waals surface area contributed by atoms with Crippen LogP contribution < -0.4 is 0 Å². The van der Waals surface area contributed by atoms with E-state index in [1.165, 1.54) is 0 Å². The molecule has 0 aliphatic carbocycles. The molecule has 0 aromatic heterocycles. The first-order valence-electron chi connectivity index (χ1n) is 38.0. The van der Waals surface area contributed by atoms with Crippen LogP contribution in [0.5, 0.6) is 0 Å². The van der Waals surface area contributed by atoms with E-state index in [0.717, 1.165) is 92.9 Å². The Bertz CT molecular complexity index is 3150. The van der Waals surface area contributed by atoms with Crippen LogP contribution in [0.3, 0.4) is 0 Å². The standard InChI is InChI=1S/C81H112O21/c1-11-14-24-43-59-44-33-18-16-15-17-19-34-45-61(82)94-68-65-60(49-88-76(97-65)58-41-31-23-32-42-58)93-80(100-73-69-64(101-81(9,10)102-69)54(8)91-78(73)92-59)72(68)99-79-71(96-75(84)51(5)13-3)67(63(53(7)90-79)95-74(83)50(4)12-2)98-77-70(87-48-57-39-29-22-30-40-57)66(86-47-56-37-27-21-28-38-56)62(52(6)89-77)85-46-55-35-25-20-26-36-55/h20-23,25-32,35-42,50-54,59-60,62-73,76-80H,11-19,24,33-34,43-49H2,1-10H3/t50-,51-,52-,53-,54+,59-,60+,62-,63-,64-,65+,66+,67+,68-,69-,70+,71+,72+,73+,76+,77-,78-,79-,80-/m0/s1. The maximum Gasteiger partial charge on any atom is 0.309 e. The Morgan fingerprint density at radius 2 is 1.02 bits per heavy atom. The lowest BCUT2D eigenvalue weighted by Gasteiger charge is -2.52. The van der Waals surface area contributed by atoms with Crippen molar-refractivity contribution >= 4 is 17.9 Å². The molecular formula is C81H112O21. The first kappa shape index (κ1) is 77.8. The number of fused-ring (bicyclic) bond motifs is 7. The monoisotopic (exact) mass is 1420 g/mol. The molecule has 2 bridgehead atoms. The van der Waals surface area contributed by atoms with Gasteiger partial charge in [0.2, 0.25) is 0 Å². The van der Waals surface area contributed by atoms with Crippen molar-refractivity contribution in [2.24, 2.45) is 11.8 Å². The quantitative estimate of drug-likeness (QED) is 0.0362. The number of unbranched alkanes of at least 4 members (excludes halogenated alkanes) is 2. The molecule has 7 aliphatic rings. The second kappa shape index (κ2) is 37.8. The molecule has 562 valence electrons.